The lowest BCUT2D eigenvalue weighted by molar-refractivity contribution is 0.239. The van der Waals surface area contributed by atoms with Gasteiger partial charge in [-0.1, -0.05) is 32.0 Å². The van der Waals surface area contributed by atoms with Gasteiger partial charge in [-0.25, -0.2) is 9.97 Å². The molecule has 3 aromatic rings. The van der Waals surface area contributed by atoms with E-state index in [9.17, 15) is 0 Å². The minimum absolute atomic E-state index is 0.356. The number of nitrogens with zero attached hydrogens (tertiary/aromatic N) is 5. The van der Waals surface area contributed by atoms with Crippen LogP contribution in [-0.4, -0.2) is 26.4 Å². The van der Waals surface area contributed by atoms with Crippen molar-refractivity contribution in [3.63, 3.8) is 0 Å². The number of aromatic nitrogens is 3. The van der Waals surface area contributed by atoms with Crippen LogP contribution < -0.4 is 0 Å². The molecule has 0 unspecified atom stereocenters. The van der Waals surface area contributed by atoms with Crippen LogP contribution in [0, 0.1) is 11.3 Å². The second-order valence-corrected chi connectivity index (χ2v) is 7.52. The van der Waals surface area contributed by atoms with Gasteiger partial charge in [0, 0.05) is 55.0 Å². The first-order chi connectivity index (χ1) is 13.6. The molecule has 28 heavy (non-hydrogen) atoms. The van der Waals surface area contributed by atoms with Gasteiger partial charge in [0.15, 0.2) is 0 Å². The highest BCUT2D eigenvalue weighted by atomic mass is 15.1. The van der Waals surface area contributed by atoms with Crippen LogP contribution in [0.1, 0.15) is 48.1 Å². The molecule has 0 fully saturated rings. The Balaban J connectivity index is 1.50. The topological polar surface area (TPSA) is 65.7 Å². The molecular formula is C23H23N5. The van der Waals surface area contributed by atoms with Crippen LogP contribution >= 0.6 is 0 Å². The van der Waals surface area contributed by atoms with Gasteiger partial charge >= 0.3 is 0 Å². The first-order valence-corrected chi connectivity index (χ1v) is 9.66. The number of hydrogen-bond donors (Lipinski definition) is 0. The third-order valence-corrected chi connectivity index (χ3v) is 5.03. The average Bonchev–Trinajstić information content (AvgIpc) is 2.73. The number of pyridine rings is 1. The van der Waals surface area contributed by atoms with E-state index in [1.54, 1.807) is 0 Å². The van der Waals surface area contributed by atoms with E-state index in [-0.39, 0.29) is 0 Å². The van der Waals surface area contributed by atoms with E-state index >= 15 is 0 Å². The third kappa shape index (κ3) is 3.92. The monoisotopic (exact) mass is 369 g/mol. The summed E-state index contributed by atoms with van der Waals surface area (Å²) >= 11 is 0. The first-order valence-electron chi connectivity index (χ1n) is 9.66. The van der Waals surface area contributed by atoms with Crippen LogP contribution in [0.4, 0.5) is 0 Å². The summed E-state index contributed by atoms with van der Waals surface area (Å²) in [6.45, 7) is 6.86. The molecule has 140 valence electrons. The van der Waals surface area contributed by atoms with Gasteiger partial charge in [0.1, 0.15) is 5.82 Å². The quantitative estimate of drug-likeness (QED) is 0.693. The van der Waals surface area contributed by atoms with Gasteiger partial charge in [0.05, 0.1) is 23.0 Å². The van der Waals surface area contributed by atoms with Crippen molar-refractivity contribution in [3.8, 4) is 17.3 Å². The zero-order valence-corrected chi connectivity index (χ0v) is 16.3. The Morgan fingerprint density at radius 3 is 2.82 bits per heavy atom. The fourth-order valence-electron chi connectivity index (χ4n) is 3.51. The SMILES string of the molecule is CC(C)c1ncc2c(n1)CCN(Cc1cccc(-c3cccc(C#N)c3)n1)C2. The molecule has 0 atom stereocenters. The van der Waals surface area contributed by atoms with Crippen molar-refractivity contribution >= 4 is 0 Å². The maximum Gasteiger partial charge on any atom is 0.131 e. The Hall–Kier alpha value is -3.10. The lowest BCUT2D eigenvalue weighted by Crippen LogP contribution is -2.31. The fraction of sp³-hybridized carbons (Fsp3) is 0.304. The van der Waals surface area contributed by atoms with Gasteiger partial charge < -0.3 is 0 Å². The predicted molar refractivity (Wildman–Crippen MR) is 108 cm³/mol. The summed E-state index contributed by atoms with van der Waals surface area (Å²) < 4.78 is 0. The molecule has 1 aliphatic heterocycles. The highest BCUT2D eigenvalue weighted by Gasteiger charge is 2.19. The van der Waals surface area contributed by atoms with Crippen molar-refractivity contribution in [2.75, 3.05) is 6.54 Å². The molecule has 3 heterocycles. The zero-order valence-electron chi connectivity index (χ0n) is 16.3. The van der Waals surface area contributed by atoms with Crippen molar-refractivity contribution in [3.05, 3.63) is 77.0 Å². The Morgan fingerprint density at radius 2 is 2.00 bits per heavy atom. The van der Waals surface area contributed by atoms with Gasteiger partial charge in [-0.3, -0.25) is 9.88 Å². The average molecular weight is 369 g/mol. The first kappa shape index (κ1) is 18.3. The summed E-state index contributed by atoms with van der Waals surface area (Å²) in [4.78, 5) is 16.5. The molecular weight excluding hydrogens is 346 g/mol. The van der Waals surface area contributed by atoms with Crippen LogP contribution in [0.3, 0.4) is 0 Å². The van der Waals surface area contributed by atoms with Gasteiger partial charge in [0.25, 0.3) is 0 Å². The predicted octanol–water partition coefficient (Wildman–Crippen LogP) is 4.09. The molecule has 2 aromatic heterocycles. The molecule has 0 N–H and O–H groups in total. The number of hydrogen-bond acceptors (Lipinski definition) is 5. The van der Waals surface area contributed by atoms with E-state index < -0.39 is 0 Å². The van der Waals surface area contributed by atoms with Crippen LogP contribution in [0.2, 0.25) is 0 Å². The van der Waals surface area contributed by atoms with Crippen LogP contribution in [-0.2, 0) is 19.5 Å². The van der Waals surface area contributed by atoms with E-state index in [0.717, 1.165) is 48.8 Å². The van der Waals surface area contributed by atoms with E-state index in [2.05, 4.69) is 35.9 Å². The normalized spacial score (nSPS) is 13.9. The molecule has 0 saturated carbocycles. The largest absolute Gasteiger partial charge is 0.293 e. The molecule has 0 spiro atoms. The van der Waals surface area contributed by atoms with E-state index in [1.165, 1.54) is 11.3 Å². The summed E-state index contributed by atoms with van der Waals surface area (Å²) in [6.07, 6.45) is 2.93. The van der Waals surface area contributed by atoms with Crippen molar-refractivity contribution < 1.29 is 0 Å². The van der Waals surface area contributed by atoms with Crippen LogP contribution in [0.5, 0.6) is 0 Å². The lowest BCUT2D eigenvalue weighted by atomic mass is 10.1. The van der Waals surface area contributed by atoms with E-state index in [4.69, 9.17) is 15.2 Å². The highest BCUT2D eigenvalue weighted by Crippen LogP contribution is 2.22. The number of fused-ring (bicyclic) bond motifs is 1. The van der Waals surface area contributed by atoms with Crippen LogP contribution in [0.25, 0.3) is 11.3 Å². The summed E-state index contributed by atoms with van der Waals surface area (Å²) in [5.41, 5.74) is 5.95. The molecule has 5 heteroatoms. The molecule has 5 nitrogen and oxygen atoms in total. The number of rotatable bonds is 4. The van der Waals surface area contributed by atoms with Gasteiger partial charge in [0.2, 0.25) is 0 Å². The van der Waals surface area contributed by atoms with E-state index in [1.807, 2.05) is 42.6 Å². The van der Waals surface area contributed by atoms with Crippen molar-refractivity contribution in [1.82, 2.24) is 19.9 Å². The summed E-state index contributed by atoms with van der Waals surface area (Å²) in [6, 6.07) is 15.9. The Kier molecular flexibility index (Phi) is 5.14. The van der Waals surface area contributed by atoms with Gasteiger partial charge in [-0.05, 0) is 24.3 Å². The number of nitriles is 1. The second-order valence-electron chi connectivity index (χ2n) is 7.52. The van der Waals surface area contributed by atoms with E-state index in [0.29, 0.717) is 11.5 Å². The zero-order chi connectivity index (χ0) is 19.5. The molecule has 0 amide bonds. The minimum Gasteiger partial charge on any atom is -0.293 e. The van der Waals surface area contributed by atoms with Crippen molar-refractivity contribution in [2.45, 2.75) is 39.3 Å². The molecule has 0 saturated heterocycles. The van der Waals surface area contributed by atoms with Crippen molar-refractivity contribution in [1.29, 1.82) is 5.26 Å². The van der Waals surface area contributed by atoms with Crippen LogP contribution in [0.15, 0.2) is 48.7 Å². The summed E-state index contributed by atoms with van der Waals surface area (Å²) in [7, 11) is 0. The molecule has 0 radical (unpaired) electrons. The molecule has 4 rings (SSSR count). The smallest absolute Gasteiger partial charge is 0.131 e. The second kappa shape index (κ2) is 7.87. The minimum atomic E-state index is 0.356. The Bertz CT molecular complexity index is 1040. The maximum atomic E-state index is 9.12. The van der Waals surface area contributed by atoms with Gasteiger partial charge in [-0.15, -0.1) is 0 Å². The summed E-state index contributed by atoms with van der Waals surface area (Å²) in [5, 5.41) is 9.12. The lowest BCUT2D eigenvalue weighted by Gasteiger charge is -2.28. The number of benzene rings is 1. The maximum absolute atomic E-state index is 9.12. The fourth-order valence-corrected chi connectivity index (χ4v) is 3.51. The third-order valence-electron chi connectivity index (χ3n) is 5.03. The molecule has 0 aliphatic carbocycles. The van der Waals surface area contributed by atoms with Crippen molar-refractivity contribution in [2.24, 2.45) is 0 Å². The Morgan fingerprint density at radius 1 is 1.14 bits per heavy atom. The summed E-state index contributed by atoms with van der Waals surface area (Å²) in [5.74, 6) is 1.29. The molecule has 1 aliphatic rings. The highest BCUT2D eigenvalue weighted by molar-refractivity contribution is 5.61. The van der Waals surface area contributed by atoms with Gasteiger partial charge in [-0.2, -0.15) is 5.26 Å². The Labute approximate surface area is 165 Å². The standard InChI is InChI=1S/C23H23N5/c1-16(2)23-25-13-19-14-28(10-9-22(19)27-23)15-20-7-4-8-21(26-20)18-6-3-5-17(11-18)12-24/h3-8,11,13,16H,9-10,14-15H2,1-2H3. The molecule has 1 aromatic carbocycles. The molecule has 0 bridgehead atoms.